The maximum Gasteiger partial charge on any atom is 0.276 e. The van der Waals surface area contributed by atoms with E-state index < -0.39 is 6.04 Å². The maximum atomic E-state index is 12.8. The van der Waals surface area contributed by atoms with Gasteiger partial charge in [-0.15, -0.1) is 0 Å². The van der Waals surface area contributed by atoms with E-state index in [0.29, 0.717) is 24.5 Å². The average Bonchev–Trinajstić information content (AvgIpc) is 3.44. The van der Waals surface area contributed by atoms with Crippen molar-refractivity contribution in [1.82, 2.24) is 9.88 Å². The molecule has 7 nitrogen and oxygen atoms in total. The van der Waals surface area contributed by atoms with Crippen LogP contribution < -0.4 is 11.1 Å². The molecule has 148 valence electrons. The third-order valence-electron chi connectivity index (χ3n) is 5.02. The molecule has 1 aliphatic rings. The highest BCUT2D eigenvalue weighted by Gasteiger charge is 2.35. The second-order valence-corrected chi connectivity index (χ2v) is 6.92. The third kappa shape index (κ3) is 4.05. The van der Waals surface area contributed by atoms with E-state index >= 15 is 0 Å². The monoisotopic (exact) mass is 390 g/mol. The molecule has 0 aliphatic carbocycles. The lowest BCUT2D eigenvalue weighted by Crippen LogP contribution is -2.43. The van der Waals surface area contributed by atoms with Crippen LogP contribution in [0.3, 0.4) is 0 Å². The zero-order valence-electron chi connectivity index (χ0n) is 15.9. The molecular formula is C22H22N4O3. The predicted octanol–water partition coefficient (Wildman–Crippen LogP) is 3.04. The van der Waals surface area contributed by atoms with Crippen LogP contribution in [0.1, 0.15) is 29.2 Å². The smallest absolute Gasteiger partial charge is 0.276 e. The van der Waals surface area contributed by atoms with Gasteiger partial charge in [0.1, 0.15) is 12.3 Å². The summed E-state index contributed by atoms with van der Waals surface area (Å²) in [4.78, 5) is 31.2. The van der Waals surface area contributed by atoms with Crippen LogP contribution in [0.25, 0.3) is 11.1 Å². The fourth-order valence-corrected chi connectivity index (χ4v) is 3.53. The molecule has 1 aliphatic heterocycles. The number of nitrogens with one attached hydrogen (secondary N) is 1. The number of benzene rings is 2. The minimum absolute atomic E-state index is 0.121. The van der Waals surface area contributed by atoms with E-state index in [-0.39, 0.29) is 24.1 Å². The average molecular weight is 390 g/mol. The third-order valence-corrected chi connectivity index (χ3v) is 5.02. The van der Waals surface area contributed by atoms with Crippen molar-refractivity contribution in [1.29, 1.82) is 0 Å². The fourth-order valence-electron chi connectivity index (χ4n) is 3.53. The standard InChI is InChI=1S/C22H22N4O3/c23-13-20-25-18(14-29-20)22(28)26-12-4-7-19(26)21(27)24-17-10-8-16(9-11-17)15-5-2-1-3-6-15/h1-3,5-6,8-11,14,19H,4,7,12-13,23H2,(H,24,27)/t19-/m1/s1. The quantitative estimate of drug-likeness (QED) is 0.697. The van der Waals surface area contributed by atoms with Crippen LogP contribution in [0.4, 0.5) is 5.69 Å². The number of aromatic nitrogens is 1. The van der Waals surface area contributed by atoms with Gasteiger partial charge in [0.2, 0.25) is 11.8 Å². The second-order valence-electron chi connectivity index (χ2n) is 6.92. The number of nitrogens with zero attached hydrogens (tertiary/aromatic N) is 2. The molecule has 2 aromatic carbocycles. The number of rotatable bonds is 5. The van der Waals surface area contributed by atoms with Crippen LogP contribution in [0.5, 0.6) is 0 Å². The van der Waals surface area contributed by atoms with Gasteiger partial charge < -0.3 is 20.4 Å². The first kappa shape index (κ1) is 18.9. The molecule has 1 aromatic heterocycles. The topological polar surface area (TPSA) is 101 Å². The maximum absolute atomic E-state index is 12.8. The SMILES string of the molecule is NCc1nc(C(=O)N2CCC[C@@H]2C(=O)Nc2ccc(-c3ccccc3)cc2)co1. The summed E-state index contributed by atoms with van der Waals surface area (Å²) in [5.41, 5.74) is 8.54. The lowest BCUT2D eigenvalue weighted by atomic mass is 10.1. The van der Waals surface area contributed by atoms with Crippen molar-refractivity contribution in [2.75, 3.05) is 11.9 Å². The Morgan fingerprint density at radius 3 is 2.52 bits per heavy atom. The largest absolute Gasteiger partial charge is 0.447 e. The first-order chi connectivity index (χ1) is 14.2. The van der Waals surface area contributed by atoms with Gasteiger partial charge in [-0.25, -0.2) is 4.98 Å². The van der Waals surface area contributed by atoms with Gasteiger partial charge in [0.15, 0.2) is 5.69 Å². The minimum atomic E-state index is -0.533. The molecule has 7 heteroatoms. The molecule has 29 heavy (non-hydrogen) atoms. The molecule has 0 radical (unpaired) electrons. The van der Waals surface area contributed by atoms with Crippen molar-refractivity contribution in [2.24, 2.45) is 5.73 Å². The summed E-state index contributed by atoms with van der Waals surface area (Å²) < 4.78 is 5.15. The summed E-state index contributed by atoms with van der Waals surface area (Å²) in [5.74, 6) is -0.219. The number of oxazole rings is 1. The summed E-state index contributed by atoms with van der Waals surface area (Å²) in [6.07, 6.45) is 2.67. The van der Waals surface area contributed by atoms with Crippen molar-refractivity contribution in [2.45, 2.75) is 25.4 Å². The van der Waals surface area contributed by atoms with Gasteiger partial charge in [-0.05, 0) is 36.1 Å². The second kappa shape index (κ2) is 8.28. The number of likely N-dealkylation sites (tertiary alicyclic amines) is 1. The van der Waals surface area contributed by atoms with Crippen LogP contribution in [0.15, 0.2) is 65.3 Å². The fraction of sp³-hybridized carbons (Fsp3) is 0.227. The van der Waals surface area contributed by atoms with Gasteiger partial charge in [0.25, 0.3) is 5.91 Å². The van der Waals surface area contributed by atoms with Gasteiger partial charge >= 0.3 is 0 Å². The van der Waals surface area contributed by atoms with E-state index in [9.17, 15) is 9.59 Å². The van der Waals surface area contributed by atoms with E-state index in [1.165, 1.54) is 6.26 Å². The zero-order valence-corrected chi connectivity index (χ0v) is 15.9. The summed E-state index contributed by atoms with van der Waals surface area (Å²) in [5, 5.41) is 2.92. The predicted molar refractivity (Wildman–Crippen MR) is 109 cm³/mol. The molecule has 1 atom stereocenters. The summed E-state index contributed by atoms with van der Waals surface area (Å²) in [6.45, 7) is 0.630. The molecule has 0 bridgehead atoms. The summed E-state index contributed by atoms with van der Waals surface area (Å²) in [6, 6.07) is 17.2. The van der Waals surface area contributed by atoms with Crippen molar-refractivity contribution >= 4 is 17.5 Å². The molecule has 3 N–H and O–H groups in total. The van der Waals surface area contributed by atoms with E-state index in [0.717, 1.165) is 17.5 Å². The number of anilines is 1. The lowest BCUT2D eigenvalue weighted by molar-refractivity contribution is -0.119. The van der Waals surface area contributed by atoms with Crippen LogP contribution in [-0.2, 0) is 11.3 Å². The number of hydrogen-bond acceptors (Lipinski definition) is 5. The number of carbonyl (C=O) groups is 2. The van der Waals surface area contributed by atoms with Crippen molar-refractivity contribution < 1.29 is 14.0 Å². The highest BCUT2D eigenvalue weighted by molar-refractivity contribution is 6.00. The van der Waals surface area contributed by atoms with Crippen LogP contribution in [-0.4, -0.2) is 34.3 Å². The molecule has 1 saturated heterocycles. The Labute approximate surface area is 168 Å². The first-order valence-electron chi connectivity index (χ1n) is 9.57. The highest BCUT2D eigenvalue weighted by atomic mass is 16.3. The molecule has 4 rings (SSSR count). The Balaban J connectivity index is 1.44. The molecule has 1 fully saturated rings. The molecule has 2 amide bonds. The van der Waals surface area contributed by atoms with E-state index in [4.69, 9.17) is 10.2 Å². The zero-order chi connectivity index (χ0) is 20.2. The molecular weight excluding hydrogens is 368 g/mol. The van der Waals surface area contributed by atoms with Gasteiger partial charge in [0, 0.05) is 12.2 Å². The van der Waals surface area contributed by atoms with Gasteiger partial charge in [-0.2, -0.15) is 0 Å². The van der Waals surface area contributed by atoms with E-state index in [1.807, 2.05) is 54.6 Å². The molecule has 0 saturated carbocycles. The molecule has 2 heterocycles. The van der Waals surface area contributed by atoms with E-state index in [1.54, 1.807) is 4.90 Å². The Morgan fingerprint density at radius 2 is 1.83 bits per heavy atom. The number of carbonyl (C=O) groups excluding carboxylic acids is 2. The van der Waals surface area contributed by atoms with Crippen molar-refractivity contribution in [3.8, 4) is 11.1 Å². The Morgan fingerprint density at radius 1 is 1.10 bits per heavy atom. The van der Waals surface area contributed by atoms with Crippen molar-refractivity contribution in [3.05, 3.63) is 72.4 Å². The summed E-state index contributed by atoms with van der Waals surface area (Å²) in [7, 11) is 0. The summed E-state index contributed by atoms with van der Waals surface area (Å²) >= 11 is 0. The first-order valence-corrected chi connectivity index (χ1v) is 9.57. The molecule has 3 aromatic rings. The normalized spacial score (nSPS) is 16.0. The molecule has 0 unspecified atom stereocenters. The highest BCUT2D eigenvalue weighted by Crippen LogP contribution is 2.24. The molecule has 0 spiro atoms. The van der Waals surface area contributed by atoms with Crippen LogP contribution in [0, 0.1) is 0 Å². The number of amides is 2. The Bertz CT molecular complexity index is 998. The van der Waals surface area contributed by atoms with Crippen LogP contribution in [0.2, 0.25) is 0 Å². The Kier molecular flexibility index (Phi) is 5.39. The van der Waals surface area contributed by atoms with Crippen molar-refractivity contribution in [3.63, 3.8) is 0 Å². The van der Waals surface area contributed by atoms with E-state index in [2.05, 4.69) is 10.3 Å². The van der Waals surface area contributed by atoms with Gasteiger partial charge in [-0.1, -0.05) is 42.5 Å². The number of nitrogens with two attached hydrogens (primary N) is 1. The number of hydrogen-bond donors (Lipinski definition) is 2. The van der Waals surface area contributed by atoms with Crippen LogP contribution >= 0.6 is 0 Å². The lowest BCUT2D eigenvalue weighted by Gasteiger charge is -2.23. The Hall–Kier alpha value is -3.45. The van der Waals surface area contributed by atoms with Gasteiger partial charge in [-0.3, -0.25) is 9.59 Å². The minimum Gasteiger partial charge on any atom is -0.447 e. The van der Waals surface area contributed by atoms with Gasteiger partial charge in [0.05, 0.1) is 6.54 Å².